The molecule has 0 saturated heterocycles. The van der Waals surface area contributed by atoms with Gasteiger partial charge in [0.2, 0.25) is 0 Å². The molecule has 134 valence electrons. The number of hydrogen-bond acceptors (Lipinski definition) is 5. The maximum atomic E-state index is 11.6. The smallest absolute Gasteiger partial charge is 0.508 e. The van der Waals surface area contributed by atoms with Gasteiger partial charge in [0, 0.05) is 32.2 Å². The number of phenolic OH excluding ortho intramolecular Hbond substituents is 3. The van der Waals surface area contributed by atoms with Gasteiger partial charge < -0.3 is 24.6 Å². The van der Waals surface area contributed by atoms with Crippen LogP contribution in [0.25, 0.3) is 0 Å². The molecule has 0 bridgehead atoms. The van der Waals surface area contributed by atoms with Crippen LogP contribution in [0.5, 0.6) is 17.2 Å². The van der Waals surface area contributed by atoms with E-state index in [1.807, 2.05) is 0 Å². The van der Waals surface area contributed by atoms with Gasteiger partial charge in [-0.25, -0.2) is 4.79 Å². The third-order valence-corrected chi connectivity index (χ3v) is 6.93. The molecule has 0 atom stereocenters. The predicted molar refractivity (Wildman–Crippen MR) is 95.8 cm³/mol. The van der Waals surface area contributed by atoms with E-state index in [1.165, 1.54) is 0 Å². The van der Waals surface area contributed by atoms with Gasteiger partial charge in [0.05, 0.1) is 0 Å². The molecule has 26 heavy (non-hydrogen) atoms. The second-order valence-corrected chi connectivity index (χ2v) is 7.97. The lowest BCUT2D eigenvalue weighted by molar-refractivity contribution is 0.150. The fraction of sp³-hybridized carbons (Fsp3) is 0. The molecule has 0 amide bonds. The van der Waals surface area contributed by atoms with E-state index in [4.69, 9.17) is 4.18 Å². The molecule has 0 spiro atoms. The van der Waals surface area contributed by atoms with Crippen LogP contribution >= 0.6 is 10.3 Å². The van der Waals surface area contributed by atoms with E-state index in [0.29, 0.717) is 9.79 Å². The summed E-state index contributed by atoms with van der Waals surface area (Å²) in [7, 11) is -3.02. The Bertz CT molecular complexity index is 865. The minimum absolute atomic E-state index is 0.102. The van der Waals surface area contributed by atoms with E-state index in [1.54, 1.807) is 60.7 Å². The fourth-order valence-corrected chi connectivity index (χ4v) is 5.74. The lowest BCUT2D eigenvalue weighted by Gasteiger charge is -2.39. The van der Waals surface area contributed by atoms with Crippen molar-refractivity contribution in [2.75, 3.05) is 0 Å². The van der Waals surface area contributed by atoms with Crippen molar-refractivity contribution in [3.8, 4) is 17.2 Å². The standard InChI is InChI=1S/C19H16O6S/c20-13-11-16(21)18(17(22)12-13)26(25-19(23)24,14-7-3-1-4-8-14)15-9-5-2-6-10-15/h1-12,20-22H,(H,23,24). The Morgan fingerprint density at radius 1 is 0.769 bits per heavy atom. The quantitative estimate of drug-likeness (QED) is 0.529. The molecule has 0 aliphatic carbocycles. The number of aromatic hydroxyl groups is 3. The number of rotatable bonds is 4. The van der Waals surface area contributed by atoms with Gasteiger partial charge in [0.15, 0.2) is 0 Å². The van der Waals surface area contributed by atoms with E-state index in [-0.39, 0.29) is 10.6 Å². The molecule has 3 aromatic carbocycles. The molecule has 7 heteroatoms. The van der Waals surface area contributed by atoms with E-state index in [9.17, 15) is 25.2 Å². The zero-order valence-corrected chi connectivity index (χ0v) is 14.3. The number of hydrogen-bond donors (Lipinski definition) is 4. The average molecular weight is 372 g/mol. The van der Waals surface area contributed by atoms with Crippen LogP contribution in [0, 0.1) is 0 Å². The van der Waals surface area contributed by atoms with Crippen molar-refractivity contribution in [3.05, 3.63) is 72.8 Å². The maximum Gasteiger partial charge on any atom is 0.517 e. The predicted octanol–water partition coefficient (Wildman–Crippen LogP) is 4.69. The van der Waals surface area contributed by atoms with Crippen LogP contribution < -0.4 is 0 Å². The van der Waals surface area contributed by atoms with Crippen molar-refractivity contribution in [2.45, 2.75) is 14.7 Å². The highest BCUT2D eigenvalue weighted by Crippen LogP contribution is 2.73. The molecule has 0 aliphatic heterocycles. The van der Waals surface area contributed by atoms with E-state index in [2.05, 4.69) is 0 Å². The van der Waals surface area contributed by atoms with Crippen LogP contribution in [-0.4, -0.2) is 26.6 Å². The molecule has 4 N–H and O–H groups in total. The summed E-state index contributed by atoms with van der Waals surface area (Å²) in [6.45, 7) is 0. The highest BCUT2D eigenvalue weighted by atomic mass is 32.3. The second-order valence-electron chi connectivity index (χ2n) is 5.34. The van der Waals surface area contributed by atoms with Crippen LogP contribution in [0.3, 0.4) is 0 Å². The molecule has 0 aliphatic rings. The summed E-state index contributed by atoms with van der Waals surface area (Å²) < 4.78 is 5.40. The van der Waals surface area contributed by atoms with Gasteiger partial charge in [0.1, 0.15) is 22.1 Å². The number of carboxylic acid groups (broad SMARTS) is 1. The highest BCUT2D eigenvalue weighted by molar-refractivity contribution is 8.30. The highest BCUT2D eigenvalue weighted by Gasteiger charge is 2.40. The van der Waals surface area contributed by atoms with Crippen LogP contribution in [-0.2, 0) is 4.18 Å². The van der Waals surface area contributed by atoms with Gasteiger partial charge in [-0.1, -0.05) is 36.4 Å². The average Bonchev–Trinajstić information content (AvgIpc) is 2.61. The minimum Gasteiger partial charge on any atom is -0.508 e. The first-order chi connectivity index (χ1) is 12.4. The Hall–Kier alpha value is -3.32. The second kappa shape index (κ2) is 6.89. The first-order valence-corrected chi connectivity index (χ1v) is 9.12. The Morgan fingerprint density at radius 3 is 1.58 bits per heavy atom. The van der Waals surface area contributed by atoms with Gasteiger partial charge in [-0.3, -0.25) is 0 Å². The molecule has 3 aromatic rings. The van der Waals surface area contributed by atoms with Crippen molar-refractivity contribution in [3.63, 3.8) is 0 Å². The number of benzene rings is 3. The molecule has 0 aromatic heterocycles. The van der Waals surface area contributed by atoms with Crippen molar-refractivity contribution in [1.82, 2.24) is 0 Å². The molecule has 3 rings (SSSR count). The number of carbonyl (C=O) groups is 1. The molecule has 0 saturated carbocycles. The van der Waals surface area contributed by atoms with E-state index in [0.717, 1.165) is 12.1 Å². The van der Waals surface area contributed by atoms with Crippen molar-refractivity contribution >= 4 is 16.5 Å². The summed E-state index contributed by atoms with van der Waals surface area (Å²) in [6, 6.07) is 19.1. The third-order valence-electron chi connectivity index (χ3n) is 3.67. The first-order valence-electron chi connectivity index (χ1n) is 7.56. The molecule has 6 nitrogen and oxygen atoms in total. The summed E-state index contributed by atoms with van der Waals surface area (Å²) >= 11 is 0. The molecular formula is C19H16O6S. The van der Waals surface area contributed by atoms with Crippen LogP contribution in [0.2, 0.25) is 0 Å². The molecular weight excluding hydrogens is 356 g/mol. The molecule has 0 heterocycles. The van der Waals surface area contributed by atoms with Gasteiger partial charge >= 0.3 is 6.16 Å². The fourth-order valence-electron chi connectivity index (χ4n) is 2.72. The maximum absolute atomic E-state index is 11.6. The Kier molecular flexibility index (Phi) is 4.64. The molecule has 0 radical (unpaired) electrons. The van der Waals surface area contributed by atoms with Gasteiger partial charge in [-0.05, 0) is 24.3 Å². The zero-order chi connectivity index (χ0) is 18.7. The van der Waals surface area contributed by atoms with E-state index < -0.39 is 28.0 Å². The molecule has 0 unspecified atom stereocenters. The van der Waals surface area contributed by atoms with Crippen LogP contribution in [0.4, 0.5) is 4.79 Å². The SMILES string of the molecule is O=C(O)OS(c1ccccc1)(c1ccccc1)c1c(O)cc(O)cc1O. The largest absolute Gasteiger partial charge is 0.517 e. The van der Waals surface area contributed by atoms with Crippen molar-refractivity contribution < 1.29 is 29.4 Å². The summed E-state index contributed by atoms with van der Waals surface area (Å²) in [5, 5.41) is 40.0. The summed E-state index contributed by atoms with van der Waals surface area (Å²) in [5.74, 6) is -1.29. The van der Waals surface area contributed by atoms with Gasteiger partial charge in [-0.2, -0.15) is 0 Å². The summed E-state index contributed by atoms with van der Waals surface area (Å²) in [6.07, 6.45) is -1.56. The van der Waals surface area contributed by atoms with Crippen LogP contribution in [0.15, 0.2) is 87.5 Å². The lowest BCUT2D eigenvalue weighted by atomic mass is 10.3. The van der Waals surface area contributed by atoms with E-state index >= 15 is 0 Å². The zero-order valence-electron chi connectivity index (χ0n) is 13.4. The first kappa shape index (κ1) is 17.5. The normalized spacial score (nSPS) is 11.7. The van der Waals surface area contributed by atoms with Gasteiger partial charge in [0.25, 0.3) is 0 Å². The third kappa shape index (κ3) is 3.00. The monoisotopic (exact) mass is 372 g/mol. The molecule has 0 fully saturated rings. The Balaban J connectivity index is 2.44. The Morgan fingerprint density at radius 2 is 1.19 bits per heavy atom. The topological polar surface area (TPSA) is 107 Å². The van der Waals surface area contributed by atoms with Gasteiger partial charge in [-0.15, -0.1) is 0 Å². The summed E-state index contributed by atoms with van der Waals surface area (Å²) in [4.78, 5) is 12.4. The van der Waals surface area contributed by atoms with Crippen LogP contribution in [0.1, 0.15) is 0 Å². The number of phenols is 3. The minimum atomic E-state index is -3.02. The van der Waals surface area contributed by atoms with Crippen molar-refractivity contribution in [1.29, 1.82) is 0 Å². The summed E-state index contributed by atoms with van der Waals surface area (Å²) in [5.41, 5.74) is 0. The van der Waals surface area contributed by atoms with Crippen molar-refractivity contribution in [2.24, 2.45) is 0 Å². The Labute approximate surface area is 151 Å². The lowest BCUT2D eigenvalue weighted by Crippen LogP contribution is -2.12.